The van der Waals surface area contributed by atoms with Gasteiger partial charge < -0.3 is 14.6 Å². The molecule has 0 spiro atoms. The van der Waals surface area contributed by atoms with Crippen LogP contribution in [0.2, 0.25) is 0 Å². The average Bonchev–Trinajstić information content (AvgIpc) is 3.08. The molecule has 2 saturated carbocycles. The molecule has 2 saturated heterocycles. The van der Waals surface area contributed by atoms with Crippen LogP contribution in [0.25, 0.3) is 0 Å². The number of carbonyl (C=O) groups is 1. The second kappa shape index (κ2) is 5.71. The number of fused-ring (bicyclic) bond motifs is 1. The molecule has 0 radical (unpaired) electrons. The predicted octanol–water partition coefficient (Wildman–Crippen LogP) is 2.97. The standard InChI is InChI=1S/C18H17F3N4O2/c19-18(20,21)13-3-5-22-17(23-13)25-8-10-7-12(25)14(10)24-16(26)11-4-6-27-15(11)9-1-2-9/h3-6,9-10,12,14H,1-2,7-8H2,(H,24,26). The van der Waals surface area contributed by atoms with Crippen molar-refractivity contribution in [2.75, 3.05) is 11.4 Å². The van der Waals surface area contributed by atoms with E-state index in [-0.39, 0.29) is 29.9 Å². The van der Waals surface area contributed by atoms with Gasteiger partial charge in [0, 0.05) is 24.6 Å². The monoisotopic (exact) mass is 378 g/mol. The van der Waals surface area contributed by atoms with Crippen molar-refractivity contribution in [2.24, 2.45) is 5.92 Å². The Bertz CT molecular complexity index is 893. The molecule has 4 aliphatic rings. The van der Waals surface area contributed by atoms with Crippen molar-refractivity contribution in [1.29, 1.82) is 0 Å². The number of rotatable bonds is 4. The first kappa shape index (κ1) is 16.6. The Morgan fingerprint density at radius 2 is 2.11 bits per heavy atom. The molecule has 4 heterocycles. The number of anilines is 1. The van der Waals surface area contributed by atoms with E-state index in [0.29, 0.717) is 18.0 Å². The number of nitrogens with zero attached hydrogens (tertiary/aromatic N) is 3. The van der Waals surface area contributed by atoms with Gasteiger partial charge in [0.25, 0.3) is 5.91 Å². The van der Waals surface area contributed by atoms with E-state index in [9.17, 15) is 18.0 Å². The first-order chi connectivity index (χ1) is 12.9. The van der Waals surface area contributed by atoms with Crippen LogP contribution in [0.15, 0.2) is 29.0 Å². The molecule has 6 nitrogen and oxygen atoms in total. The SMILES string of the molecule is O=C(NC1C2CC1N(c1nccc(C(F)(F)F)n1)C2)c1ccoc1C1CC1. The lowest BCUT2D eigenvalue weighted by atomic mass is 9.80. The van der Waals surface area contributed by atoms with Gasteiger partial charge in [-0.3, -0.25) is 4.79 Å². The lowest BCUT2D eigenvalue weighted by Gasteiger charge is -2.36. The van der Waals surface area contributed by atoms with E-state index in [1.165, 1.54) is 6.26 Å². The second-order valence-electron chi connectivity index (χ2n) is 7.43. The Morgan fingerprint density at radius 1 is 1.30 bits per heavy atom. The Hall–Kier alpha value is -2.58. The smallest absolute Gasteiger partial charge is 0.433 e. The summed E-state index contributed by atoms with van der Waals surface area (Å²) in [6.07, 6.45) is 1.02. The maximum atomic E-state index is 12.9. The summed E-state index contributed by atoms with van der Waals surface area (Å²) in [5, 5.41) is 3.03. The summed E-state index contributed by atoms with van der Waals surface area (Å²) in [5.41, 5.74) is -0.393. The normalized spacial score (nSPS) is 26.8. The molecule has 9 heteroatoms. The van der Waals surface area contributed by atoms with Crippen LogP contribution < -0.4 is 10.2 Å². The summed E-state index contributed by atoms with van der Waals surface area (Å²) >= 11 is 0. The number of aromatic nitrogens is 2. The van der Waals surface area contributed by atoms with Gasteiger partial charge in [0.15, 0.2) is 0 Å². The van der Waals surface area contributed by atoms with Crippen molar-refractivity contribution in [3.8, 4) is 0 Å². The molecule has 6 rings (SSSR count). The van der Waals surface area contributed by atoms with Gasteiger partial charge in [-0.25, -0.2) is 9.97 Å². The Balaban J connectivity index is 1.31. The van der Waals surface area contributed by atoms with Crippen LogP contribution in [0.4, 0.5) is 19.1 Å². The molecular formula is C18H17F3N4O2. The van der Waals surface area contributed by atoms with Crippen LogP contribution in [0.1, 0.15) is 47.0 Å². The lowest BCUT2D eigenvalue weighted by Crippen LogP contribution is -2.54. The fourth-order valence-corrected chi connectivity index (χ4v) is 4.11. The lowest BCUT2D eigenvalue weighted by molar-refractivity contribution is -0.141. The second-order valence-corrected chi connectivity index (χ2v) is 7.43. The largest absolute Gasteiger partial charge is 0.468 e. The van der Waals surface area contributed by atoms with Crippen LogP contribution in [-0.2, 0) is 6.18 Å². The summed E-state index contributed by atoms with van der Waals surface area (Å²) in [6.45, 7) is 0.539. The minimum Gasteiger partial charge on any atom is -0.468 e. The molecule has 2 bridgehead atoms. The Labute approximate surface area is 152 Å². The molecule has 2 aliphatic carbocycles. The van der Waals surface area contributed by atoms with Crippen LogP contribution in [-0.4, -0.2) is 34.5 Å². The first-order valence-corrected chi connectivity index (χ1v) is 8.97. The van der Waals surface area contributed by atoms with Crippen LogP contribution in [0.5, 0.6) is 0 Å². The topological polar surface area (TPSA) is 71.3 Å². The van der Waals surface area contributed by atoms with Gasteiger partial charge >= 0.3 is 6.18 Å². The van der Waals surface area contributed by atoms with Crippen molar-refractivity contribution >= 4 is 11.9 Å². The van der Waals surface area contributed by atoms with E-state index < -0.39 is 11.9 Å². The molecular weight excluding hydrogens is 361 g/mol. The van der Waals surface area contributed by atoms with E-state index >= 15 is 0 Å². The van der Waals surface area contributed by atoms with E-state index in [1.54, 1.807) is 11.0 Å². The summed E-state index contributed by atoms with van der Waals surface area (Å²) in [7, 11) is 0. The number of carbonyl (C=O) groups excluding carboxylic acids is 1. The average molecular weight is 378 g/mol. The zero-order valence-electron chi connectivity index (χ0n) is 14.2. The minimum atomic E-state index is -4.51. The molecule has 3 atom stereocenters. The molecule has 2 aromatic heterocycles. The third-order valence-corrected chi connectivity index (χ3v) is 5.67. The van der Waals surface area contributed by atoms with Crippen molar-refractivity contribution in [3.63, 3.8) is 0 Å². The van der Waals surface area contributed by atoms with E-state index in [2.05, 4.69) is 15.3 Å². The molecule has 4 fully saturated rings. The summed E-state index contributed by atoms with van der Waals surface area (Å²) in [4.78, 5) is 22.1. The van der Waals surface area contributed by atoms with Gasteiger partial charge in [0.1, 0.15) is 11.5 Å². The van der Waals surface area contributed by atoms with Crippen LogP contribution in [0.3, 0.4) is 0 Å². The highest BCUT2D eigenvalue weighted by Gasteiger charge is 2.54. The van der Waals surface area contributed by atoms with Gasteiger partial charge in [-0.1, -0.05) is 0 Å². The predicted molar refractivity (Wildman–Crippen MR) is 88.2 cm³/mol. The zero-order valence-corrected chi connectivity index (χ0v) is 14.2. The summed E-state index contributed by atoms with van der Waals surface area (Å²) < 4.78 is 44.2. The zero-order chi connectivity index (χ0) is 18.8. The van der Waals surface area contributed by atoms with E-state index in [1.807, 2.05) is 0 Å². The highest BCUT2D eigenvalue weighted by atomic mass is 19.4. The molecule has 3 unspecified atom stereocenters. The van der Waals surface area contributed by atoms with Crippen LogP contribution in [0, 0.1) is 5.92 Å². The van der Waals surface area contributed by atoms with E-state index in [4.69, 9.17) is 4.42 Å². The number of hydrogen-bond donors (Lipinski definition) is 1. The highest BCUT2D eigenvalue weighted by molar-refractivity contribution is 5.95. The van der Waals surface area contributed by atoms with Crippen LogP contribution >= 0.6 is 0 Å². The Morgan fingerprint density at radius 3 is 2.85 bits per heavy atom. The molecule has 2 aromatic rings. The van der Waals surface area contributed by atoms with Gasteiger partial charge in [0.2, 0.25) is 5.95 Å². The van der Waals surface area contributed by atoms with Crippen molar-refractivity contribution < 1.29 is 22.4 Å². The van der Waals surface area contributed by atoms with Crippen molar-refractivity contribution in [1.82, 2.24) is 15.3 Å². The number of amides is 1. The third-order valence-electron chi connectivity index (χ3n) is 5.67. The molecule has 0 aromatic carbocycles. The van der Waals surface area contributed by atoms with Gasteiger partial charge in [-0.15, -0.1) is 0 Å². The fourth-order valence-electron chi connectivity index (χ4n) is 4.11. The maximum absolute atomic E-state index is 12.9. The van der Waals surface area contributed by atoms with Crippen molar-refractivity contribution in [2.45, 2.75) is 43.4 Å². The van der Waals surface area contributed by atoms with Gasteiger partial charge in [0.05, 0.1) is 23.9 Å². The quantitative estimate of drug-likeness (QED) is 0.886. The van der Waals surface area contributed by atoms with E-state index in [0.717, 1.165) is 37.3 Å². The summed E-state index contributed by atoms with van der Waals surface area (Å²) in [5.74, 6) is 1.13. The van der Waals surface area contributed by atoms with Gasteiger partial charge in [-0.2, -0.15) is 13.2 Å². The molecule has 1 N–H and O–H groups in total. The number of nitrogens with one attached hydrogen (secondary N) is 1. The molecule has 27 heavy (non-hydrogen) atoms. The van der Waals surface area contributed by atoms with Crippen molar-refractivity contribution in [3.05, 3.63) is 41.6 Å². The highest BCUT2D eigenvalue weighted by Crippen LogP contribution is 2.44. The molecule has 2 aliphatic heterocycles. The number of halogens is 3. The number of furan rings is 1. The number of hydrogen-bond acceptors (Lipinski definition) is 5. The number of alkyl halides is 3. The third kappa shape index (κ3) is 2.76. The maximum Gasteiger partial charge on any atom is 0.433 e. The molecule has 142 valence electrons. The first-order valence-electron chi connectivity index (χ1n) is 8.97. The van der Waals surface area contributed by atoms with Gasteiger partial charge in [-0.05, 0) is 31.4 Å². The minimum absolute atomic E-state index is 0.0658. The Kier molecular flexibility index (Phi) is 3.50. The fraction of sp³-hybridized carbons (Fsp3) is 0.500. The summed E-state index contributed by atoms with van der Waals surface area (Å²) in [6, 6.07) is 2.34. The molecule has 1 amide bonds.